The van der Waals surface area contributed by atoms with Crippen LogP contribution in [0.3, 0.4) is 0 Å². The van der Waals surface area contributed by atoms with E-state index in [1.807, 2.05) is 43.3 Å². The number of nitrogens with two attached hydrogens (primary N) is 1. The number of ether oxygens (including phenoxy) is 2. The molecule has 1 atom stereocenters. The minimum atomic E-state index is 0.0189. The fourth-order valence-electron chi connectivity index (χ4n) is 2.09. The lowest BCUT2D eigenvalue weighted by Gasteiger charge is -2.14. The Labute approximate surface area is 124 Å². The van der Waals surface area contributed by atoms with Gasteiger partial charge >= 0.3 is 0 Å². The zero-order valence-corrected chi connectivity index (χ0v) is 12.6. The Hall–Kier alpha value is -1.71. The molecule has 2 rings (SSSR count). The highest BCUT2D eigenvalue weighted by molar-refractivity contribution is 6.34. The molecule has 0 aliphatic carbocycles. The molecule has 2 aromatic rings. The maximum Gasteiger partial charge on any atom is 0.149 e. The Morgan fingerprint density at radius 3 is 2.15 bits per heavy atom. The molecular weight excluding hydrogens is 274 g/mol. The van der Waals surface area contributed by atoms with Gasteiger partial charge in [-0.25, -0.2) is 0 Å². The number of halogens is 1. The van der Waals surface area contributed by atoms with E-state index in [-0.39, 0.29) is 6.04 Å². The van der Waals surface area contributed by atoms with E-state index in [1.165, 1.54) is 0 Å². The Balaban J connectivity index is 2.49. The molecule has 3 nitrogen and oxygen atoms in total. The zero-order chi connectivity index (χ0) is 14.7. The number of hydrogen-bond acceptors (Lipinski definition) is 3. The third-order valence-corrected chi connectivity index (χ3v) is 3.59. The summed E-state index contributed by atoms with van der Waals surface area (Å²) in [5, 5.41) is 0.476. The van der Waals surface area contributed by atoms with E-state index in [0.29, 0.717) is 16.5 Å². The van der Waals surface area contributed by atoms with Crippen molar-refractivity contribution >= 4 is 11.6 Å². The SMILES string of the molecule is COc1ccc(-c2ccc(C(C)N)cc2)c(OC)c1Cl. The Morgan fingerprint density at radius 2 is 1.65 bits per heavy atom. The van der Waals surface area contributed by atoms with Gasteiger partial charge in [0, 0.05) is 11.6 Å². The first-order valence-electron chi connectivity index (χ1n) is 6.35. The molecule has 2 aromatic carbocycles. The summed E-state index contributed by atoms with van der Waals surface area (Å²) >= 11 is 6.28. The summed E-state index contributed by atoms with van der Waals surface area (Å²) in [7, 11) is 3.18. The van der Waals surface area contributed by atoms with Crippen molar-refractivity contribution in [2.45, 2.75) is 13.0 Å². The molecule has 0 aliphatic rings. The van der Waals surface area contributed by atoms with Crippen molar-refractivity contribution in [1.29, 1.82) is 0 Å². The topological polar surface area (TPSA) is 44.5 Å². The minimum absolute atomic E-state index is 0.0189. The van der Waals surface area contributed by atoms with Crippen LogP contribution in [0.4, 0.5) is 0 Å². The molecule has 0 spiro atoms. The Kier molecular flexibility index (Phi) is 4.53. The second-order valence-corrected chi connectivity index (χ2v) is 4.95. The summed E-state index contributed by atoms with van der Waals surface area (Å²) in [4.78, 5) is 0. The van der Waals surface area contributed by atoms with E-state index in [9.17, 15) is 0 Å². The smallest absolute Gasteiger partial charge is 0.149 e. The molecule has 4 heteroatoms. The largest absolute Gasteiger partial charge is 0.495 e. The highest BCUT2D eigenvalue weighted by Gasteiger charge is 2.14. The number of hydrogen-bond donors (Lipinski definition) is 1. The summed E-state index contributed by atoms with van der Waals surface area (Å²) in [6.07, 6.45) is 0. The summed E-state index contributed by atoms with van der Waals surface area (Å²) < 4.78 is 10.6. The molecule has 20 heavy (non-hydrogen) atoms. The van der Waals surface area contributed by atoms with E-state index in [1.54, 1.807) is 14.2 Å². The van der Waals surface area contributed by atoms with Gasteiger partial charge in [-0.15, -0.1) is 0 Å². The van der Waals surface area contributed by atoms with Crippen LogP contribution >= 0.6 is 11.6 Å². The average molecular weight is 292 g/mol. The normalized spacial score (nSPS) is 12.1. The highest BCUT2D eigenvalue weighted by Crippen LogP contribution is 2.41. The fourth-order valence-corrected chi connectivity index (χ4v) is 2.41. The van der Waals surface area contributed by atoms with Gasteiger partial charge in [-0.3, -0.25) is 0 Å². The van der Waals surface area contributed by atoms with Crippen LogP contribution in [0.15, 0.2) is 36.4 Å². The Morgan fingerprint density at radius 1 is 1.00 bits per heavy atom. The minimum Gasteiger partial charge on any atom is -0.495 e. The van der Waals surface area contributed by atoms with Gasteiger partial charge in [0.25, 0.3) is 0 Å². The molecular formula is C16H18ClNO2. The molecule has 0 saturated carbocycles. The lowest BCUT2D eigenvalue weighted by atomic mass is 10.0. The Bertz CT molecular complexity index is 594. The zero-order valence-electron chi connectivity index (χ0n) is 11.8. The molecule has 0 aromatic heterocycles. The quantitative estimate of drug-likeness (QED) is 0.924. The maximum atomic E-state index is 6.28. The van der Waals surface area contributed by atoms with Crippen molar-refractivity contribution in [2.24, 2.45) is 5.73 Å². The third kappa shape index (κ3) is 2.74. The molecule has 2 N–H and O–H groups in total. The van der Waals surface area contributed by atoms with Crippen LogP contribution in [0, 0.1) is 0 Å². The van der Waals surface area contributed by atoms with Gasteiger partial charge in [0.2, 0.25) is 0 Å². The summed E-state index contributed by atoms with van der Waals surface area (Å²) in [6, 6.07) is 11.8. The van der Waals surface area contributed by atoms with Crippen molar-refractivity contribution in [1.82, 2.24) is 0 Å². The van der Waals surface area contributed by atoms with E-state index < -0.39 is 0 Å². The van der Waals surface area contributed by atoms with Gasteiger partial charge in [0.15, 0.2) is 0 Å². The highest BCUT2D eigenvalue weighted by atomic mass is 35.5. The predicted octanol–water partition coefficient (Wildman–Crippen LogP) is 4.04. The first kappa shape index (κ1) is 14.7. The lowest BCUT2D eigenvalue weighted by molar-refractivity contribution is 0.396. The van der Waals surface area contributed by atoms with Crippen LogP contribution in [0.5, 0.6) is 11.5 Å². The second kappa shape index (κ2) is 6.16. The first-order valence-corrected chi connectivity index (χ1v) is 6.72. The molecule has 0 heterocycles. The molecule has 0 bridgehead atoms. The summed E-state index contributed by atoms with van der Waals surface area (Å²) in [5.41, 5.74) is 8.90. The van der Waals surface area contributed by atoms with Gasteiger partial charge < -0.3 is 15.2 Å². The average Bonchev–Trinajstić information content (AvgIpc) is 2.47. The van der Waals surface area contributed by atoms with Crippen molar-refractivity contribution in [3.63, 3.8) is 0 Å². The predicted molar refractivity (Wildman–Crippen MR) is 82.6 cm³/mol. The third-order valence-electron chi connectivity index (χ3n) is 3.23. The molecule has 0 amide bonds. The van der Waals surface area contributed by atoms with Crippen molar-refractivity contribution in [2.75, 3.05) is 14.2 Å². The molecule has 0 saturated heterocycles. The molecule has 0 aliphatic heterocycles. The van der Waals surface area contributed by atoms with E-state index >= 15 is 0 Å². The van der Waals surface area contributed by atoms with Gasteiger partial charge in [-0.05, 0) is 30.2 Å². The van der Waals surface area contributed by atoms with Crippen molar-refractivity contribution in [3.8, 4) is 22.6 Å². The number of rotatable bonds is 4. The van der Waals surface area contributed by atoms with Gasteiger partial charge in [0.05, 0.1) is 14.2 Å². The second-order valence-electron chi connectivity index (χ2n) is 4.57. The summed E-state index contributed by atoms with van der Waals surface area (Å²) in [5.74, 6) is 1.21. The van der Waals surface area contributed by atoms with Crippen LogP contribution in [-0.2, 0) is 0 Å². The van der Waals surface area contributed by atoms with Crippen LogP contribution in [0.25, 0.3) is 11.1 Å². The van der Waals surface area contributed by atoms with E-state index in [0.717, 1.165) is 16.7 Å². The molecule has 0 fully saturated rings. The molecule has 106 valence electrons. The molecule has 0 radical (unpaired) electrons. The van der Waals surface area contributed by atoms with E-state index in [2.05, 4.69) is 0 Å². The number of methoxy groups -OCH3 is 2. The summed E-state index contributed by atoms with van der Waals surface area (Å²) in [6.45, 7) is 1.96. The number of benzene rings is 2. The first-order chi connectivity index (χ1) is 9.58. The van der Waals surface area contributed by atoms with Crippen molar-refractivity contribution in [3.05, 3.63) is 47.0 Å². The van der Waals surface area contributed by atoms with Crippen molar-refractivity contribution < 1.29 is 9.47 Å². The lowest BCUT2D eigenvalue weighted by Crippen LogP contribution is -2.04. The molecule has 1 unspecified atom stereocenters. The standard InChI is InChI=1S/C16H18ClNO2/c1-10(18)11-4-6-12(7-5-11)13-8-9-14(19-2)15(17)16(13)20-3/h4-10H,18H2,1-3H3. The van der Waals surface area contributed by atoms with Crippen LogP contribution in [0.1, 0.15) is 18.5 Å². The van der Waals surface area contributed by atoms with E-state index in [4.69, 9.17) is 26.8 Å². The van der Waals surface area contributed by atoms with Gasteiger partial charge in [0.1, 0.15) is 16.5 Å². The fraction of sp³-hybridized carbons (Fsp3) is 0.250. The van der Waals surface area contributed by atoms with Crippen LogP contribution in [-0.4, -0.2) is 14.2 Å². The van der Waals surface area contributed by atoms with Gasteiger partial charge in [-0.1, -0.05) is 35.9 Å². The van der Waals surface area contributed by atoms with Crippen LogP contribution in [0.2, 0.25) is 5.02 Å². The van der Waals surface area contributed by atoms with Crippen LogP contribution < -0.4 is 15.2 Å². The van der Waals surface area contributed by atoms with Gasteiger partial charge in [-0.2, -0.15) is 0 Å². The monoisotopic (exact) mass is 291 g/mol. The maximum absolute atomic E-state index is 6.28.